The highest BCUT2D eigenvalue weighted by molar-refractivity contribution is 5.81. The number of benzene rings is 1. The smallest absolute Gasteiger partial charge is 0.351 e. The molecule has 1 atom stereocenters. The topological polar surface area (TPSA) is 52.9 Å². The molecule has 0 aliphatic rings. The zero-order chi connectivity index (χ0) is 15.3. The third-order valence-electron chi connectivity index (χ3n) is 2.81. The van der Waals surface area contributed by atoms with Crippen LogP contribution in [-0.4, -0.2) is 5.91 Å². The van der Waals surface area contributed by atoms with Gasteiger partial charge in [0.05, 0.1) is 11.6 Å². The Labute approximate surface area is 115 Å². The van der Waals surface area contributed by atoms with Crippen LogP contribution in [0.2, 0.25) is 0 Å². The van der Waals surface area contributed by atoms with Crippen molar-refractivity contribution in [2.24, 2.45) is 11.8 Å². The van der Waals surface area contributed by atoms with Crippen LogP contribution in [0.3, 0.4) is 0 Å². The van der Waals surface area contributed by atoms with Gasteiger partial charge in [0.25, 0.3) is 0 Å². The average molecular weight is 284 g/mol. The maximum absolute atomic E-state index is 12.5. The van der Waals surface area contributed by atoms with Crippen molar-refractivity contribution < 1.29 is 18.0 Å². The maximum atomic E-state index is 12.5. The normalized spacial score (nSPS) is 12.8. The van der Waals surface area contributed by atoms with E-state index in [1.54, 1.807) is 13.8 Å². The largest absolute Gasteiger partial charge is 0.416 e. The molecule has 6 heteroatoms. The summed E-state index contributed by atoms with van der Waals surface area (Å²) in [4.78, 5) is 11.7. The molecule has 1 aromatic carbocycles. The molecule has 1 unspecified atom stereocenters. The van der Waals surface area contributed by atoms with E-state index in [1.165, 1.54) is 12.1 Å². The average Bonchev–Trinajstić information content (AvgIpc) is 2.36. The van der Waals surface area contributed by atoms with Crippen LogP contribution in [-0.2, 0) is 17.5 Å². The molecule has 1 aromatic rings. The minimum absolute atomic E-state index is 0.0341. The molecule has 0 aliphatic heterocycles. The third kappa shape index (κ3) is 4.26. The molecule has 20 heavy (non-hydrogen) atoms. The summed E-state index contributed by atoms with van der Waals surface area (Å²) in [5, 5.41) is 11.3. The molecule has 0 heterocycles. The molecule has 108 valence electrons. The van der Waals surface area contributed by atoms with Gasteiger partial charge in [-0.25, -0.2) is 0 Å². The van der Waals surface area contributed by atoms with Gasteiger partial charge < -0.3 is 5.32 Å². The minimum atomic E-state index is -4.41. The zero-order valence-electron chi connectivity index (χ0n) is 11.2. The summed E-state index contributed by atoms with van der Waals surface area (Å²) < 4.78 is 37.6. The first kappa shape index (κ1) is 16.0. The van der Waals surface area contributed by atoms with Crippen LogP contribution in [0, 0.1) is 23.2 Å². The standard InChI is InChI=1S/C14H15F3N2O/c1-9(2)12(7-18)13(20)19-8-10-4-3-5-11(6-10)14(15,16)17/h3-6,9,12H,8H2,1-2H3,(H,19,20). The summed E-state index contributed by atoms with van der Waals surface area (Å²) in [5.41, 5.74) is -0.418. The van der Waals surface area contributed by atoms with Crippen LogP contribution >= 0.6 is 0 Å². The number of nitriles is 1. The van der Waals surface area contributed by atoms with E-state index < -0.39 is 23.6 Å². The van der Waals surface area contributed by atoms with Crippen molar-refractivity contribution in [3.8, 4) is 6.07 Å². The molecule has 0 fully saturated rings. The van der Waals surface area contributed by atoms with Crippen molar-refractivity contribution in [2.45, 2.75) is 26.6 Å². The lowest BCUT2D eigenvalue weighted by Crippen LogP contribution is -2.32. The van der Waals surface area contributed by atoms with Crippen LogP contribution in [0.4, 0.5) is 13.2 Å². The van der Waals surface area contributed by atoms with Crippen molar-refractivity contribution in [2.75, 3.05) is 0 Å². The summed E-state index contributed by atoms with van der Waals surface area (Å²) in [7, 11) is 0. The van der Waals surface area contributed by atoms with E-state index in [2.05, 4.69) is 5.32 Å². The first-order valence-corrected chi connectivity index (χ1v) is 6.09. The van der Waals surface area contributed by atoms with Crippen LogP contribution in [0.25, 0.3) is 0 Å². The second-order valence-electron chi connectivity index (χ2n) is 4.77. The molecule has 0 aromatic heterocycles. The van der Waals surface area contributed by atoms with Crippen LogP contribution < -0.4 is 5.32 Å². The quantitative estimate of drug-likeness (QED) is 0.923. The van der Waals surface area contributed by atoms with Gasteiger partial charge in [0, 0.05) is 6.54 Å². The fourth-order valence-electron chi connectivity index (χ4n) is 1.67. The molecular weight excluding hydrogens is 269 g/mol. The number of carbonyl (C=O) groups excluding carboxylic acids is 1. The highest BCUT2D eigenvalue weighted by Gasteiger charge is 2.30. The monoisotopic (exact) mass is 284 g/mol. The number of alkyl halides is 3. The number of halogens is 3. The summed E-state index contributed by atoms with van der Waals surface area (Å²) in [5.74, 6) is -1.43. The van der Waals surface area contributed by atoms with E-state index in [-0.39, 0.29) is 12.5 Å². The molecule has 0 radical (unpaired) electrons. The lowest BCUT2D eigenvalue weighted by Gasteiger charge is -2.14. The Balaban J connectivity index is 2.72. The van der Waals surface area contributed by atoms with E-state index >= 15 is 0 Å². The van der Waals surface area contributed by atoms with Gasteiger partial charge in [-0.2, -0.15) is 18.4 Å². The second kappa shape index (κ2) is 6.42. The van der Waals surface area contributed by atoms with Gasteiger partial charge >= 0.3 is 6.18 Å². The van der Waals surface area contributed by atoms with Gasteiger partial charge in [-0.15, -0.1) is 0 Å². The SMILES string of the molecule is CC(C)C(C#N)C(=O)NCc1cccc(C(F)(F)F)c1. The number of hydrogen-bond acceptors (Lipinski definition) is 2. The number of rotatable bonds is 4. The van der Waals surface area contributed by atoms with Crippen molar-refractivity contribution in [1.82, 2.24) is 5.32 Å². The third-order valence-corrected chi connectivity index (χ3v) is 2.81. The number of hydrogen-bond donors (Lipinski definition) is 1. The Morgan fingerprint density at radius 1 is 1.40 bits per heavy atom. The van der Waals surface area contributed by atoms with Gasteiger partial charge in [-0.3, -0.25) is 4.79 Å². The molecule has 0 saturated heterocycles. The predicted octanol–water partition coefficient (Wildman–Crippen LogP) is 3.12. The number of nitrogens with one attached hydrogen (secondary N) is 1. The Kier molecular flexibility index (Phi) is 5.14. The van der Waals surface area contributed by atoms with E-state index in [4.69, 9.17) is 5.26 Å². The molecule has 0 bridgehead atoms. The molecule has 1 rings (SSSR count). The summed E-state index contributed by atoms with van der Waals surface area (Å²) in [6.07, 6.45) is -4.41. The van der Waals surface area contributed by atoms with Gasteiger partial charge in [-0.1, -0.05) is 26.0 Å². The Bertz CT molecular complexity index is 518. The fourth-order valence-corrected chi connectivity index (χ4v) is 1.67. The Hall–Kier alpha value is -2.03. The van der Waals surface area contributed by atoms with Crippen molar-refractivity contribution >= 4 is 5.91 Å². The van der Waals surface area contributed by atoms with Gasteiger partial charge in [0.2, 0.25) is 5.91 Å². The molecule has 0 saturated carbocycles. The first-order valence-electron chi connectivity index (χ1n) is 6.09. The zero-order valence-corrected chi connectivity index (χ0v) is 11.2. The molecule has 0 aliphatic carbocycles. The highest BCUT2D eigenvalue weighted by Crippen LogP contribution is 2.29. The van der Waals surface area contributed by atoms with E-state index in [1.807, 2.05) is 6.07 Å². The lowest BCUT2D eigenvalue weighted by molar-refractivity contribution is -0.137. The van der Waals surface area contributed by atoms with Crippen LogP contribution in [0.1, 0.15) is 25.0 Å². The van der Waals surface area contributed by atoms with Crippen molar-refractivity contribution in [1.29, 1.82) is 5.26 Å². The minimum Gasteiger partial charge on any atom is -0.351 e. The van der Waals surface area contributed by atoms with E-state index in [0.717, 1.165) is 12.1 Å². The predicted molar refractivity (Wildman–Crippen MR) is 67.2 cm³/mol. The van der Waals surface area contributed by atoms with Crippen LogP contribution in [0.15, 0.2) is 24.3 Å². The Morgan fingerprint density at radius 3 is 2.55 bits per heavy atom. The maximum Gasteiger partial charge on any atom is 0.416 e. The van der Waals surface area contributed by atoms with E-state index in [9.17, 15) is 18.0 Å². The van der Waals surface area contributed by atoms with Gasteiger partial charge in [0.15, 0.2) is 0 Å². The fraction of sp³-hybridized carbons (Fsp3) is 0.429. The lowest BCUT2D eigenvalue weighted by atomic mass is 9.96. The molecule has 0 spiro atoms. The van der Waals surface area contributed by atoms with Gasteiger partial charge in [0.1, 0.15) is 5.92 Å². The molecular formula is C14H15F3N2O. The van der Waals surface area contributed by atoms with Crippen LogP contribution in [0.5, 0.6) is 0 Å². The van der Waals surface area contributed by atoms with Crippen molar-refractivity contribution in [3.05, 3.63) is 35.4 Å². The summed E-state index contributed by atoms with van der Waals surface area (Å²) in [6, 6.07) is 6.61. The number of nitrogens with zero attached hydrogens (tertiary/aromatic N) is 1. The second-order valence-corrected chi connectivity index (χ2v) is 4.77. The highest BCUT2D eigenvalue weighted by atomic mass is 19.4. The van der Waals surface area contributed by atoms with Gasteiger partial charge in [-0.05, 0) is 23.6 Å². The molecule has 1 amide bonds. The number of amides is 1. The van der Waals surface area contributed by atoms with E-state index in [0.29, 0.717) is 5.56 Å². The number of carbonyl (C=O) groups is 1. The Morgan fingerprint density at radius 2 is 2.05 bits per heavy atom. The molecule has 1 N–H and O–H groups in total. The summed E-state index contributed by atoms with van der Waals surface area (Å²) >= 11 is 0. The van der Waals surface area contributed by atoms with Crippen molar-refractivity contribution in [3.63, 3.8) is 0 Å². The summed E-state index contributed by atoms with van der Waals surface area (Å²) in [6.45, 7) is 3.43. The molecule has 3 nitrogen and oxygen atoms in total. The first-order chi connectivity index (χ1) is 9.25.